The van der Waals surface area contributed by atoms with Gasteiger partial charge >= 0.3 is 0 Å². The van der Waals surface area contributed by atoms with Crippen molar-refractivity contribution in [3.8, 4) is 0 Å². The van der Waals surface area contributed by atoms with Gasteiger partial charge in [-0.1, -0.05) is 43.2 Å². The number of carbonyl (C=O) groups is 2. The number of allylic oxidation sites excluding steroid dienone is 1. The maximum Gasteiger partial charge on any atom is 0.253 e. The number of likely N-dealkylation sites (tertiary alicyclic amines) is 2. The maximum atomic E-state index is 13.4. The molecule has 3 N–H and O–H groups in total. The fourth-order valence-corrected chi connectivity index (χ4v) is 6.28. The van der Waals surface area contributed by atoms with Crippen LogP contribution in [0.2, 0.25) is 0 Å². The molecule has 7 nitrogen and oxygen atoms in total. The molecule has 3 aliphatic rings. The van der Waals surface area contributed by atoms with E-state index in [1.165, 1.54) is 37.5 Å². The molecule has 0 atom stereocenters. The van der Waals surface area contributed by atoms with Gasteiger partial charge in [0.2, 0.25) is 5.91 Å². The van der Waals surface area contributed by atoms with Crippen molar-refractivity contribution in [3.05, 3.63) is 70.9 Å². The molecule has 2 heterocycles. The van der Waals surface area contributed by atoms with Crippen molar-refractivity contribution in [1.29, 1.82) is 5.41 Å². The lowest BCUT2D eigenvalue weighted by Crippen LogP contribution is -2.55. The van der Waals surface area contributed by atoms with Gasteiger partial charge in [0, 0.05) is 68.5 Å². The molecule has 2 aromatic rings. The van der Waals surface area contributed by atoms with Gasteiger partial charge in [0.15, 0.2) is 0 Å². The van der Waals surface area contributed by atoms with E-state index >= 15 is 0 Å². The molecule has 5 rings (SSSR count). The molecule has 7 heteroatoms. The zero-order chi connectivity index (χ0) is 27.4. The first-order chi connectivity index (χ1) is 19.0. The molecule has 0 spiro atoms. The van der Waals surface area contributed by atoms with Crippen molar-refractivity contribution >= 4 is 29.3 Å². The fourth-order valence-electron chi connectivity index (χ4n) is 6.28. The van der Waals surface area contributed by atoms with Gasteiger partial charge in [0.1, 0.15) is 0 Å². The van der Waals surface area contributed by atoms with Crippen molar-refractivity contribution in [2.45, 2.75) is 57.4 Å². The molecule has 39 heavy (non-hydrogen) atoms. The van der Waals surface area contributed by atoms with Crippen LogP contribution in [0.1, 0.15) is 71.5 Å². The van der Waals surface area contributed by atoms with E-state index in [0.29, 0.717) is 30.6 Å². The Bertz CT molecular complexity index is 1220. The van der Waals surface area contributed by atoms with Crippen LogP contribution >= 0.6 is 0 Å². The molecule has 2 amide bonds. The van der Waals surface area contributed by atoms with Crippen LogP contribution < -0.4 is 10.6 Å². The average molecular weight is 528 g/mol. The van der Waals surface area contributed by atoms with Crippen LogP contribution in [-0.2, 0) is 4.79 Å². The number of hydrogen-bond donors (Lipinski definition) is 3. The summed E-state index contributed by atoms with van der Waals surface area (Å²) in [6, 6.07) is 14.8. The van der Waals surface area contributed by atoms with E-state index in [0.717, 1.165) is 48.3 Å². The number of aryl methyl sites for hydroxylation is 1. The van der Waals surface area contributed by atoms with Crippen molar-refractivity contribution in [3.63, 3.8) is 0 Å². The Balaban J connectivity index is 1.15. The number of piperidine rings is 1. The van der Waals surface area contributed by atoms with Gasteiger partial charge in [-0.05, 0) is 67.3 Å². The van der Waals surface area contributed by atoms with E-state index in [4.69, 9.17) is 5.41 Å². The summed E-state index contributed by atoms with van der Waals surface area (Å²) >= 11 is 0. The minimum Gasteiger partial charge on any atom is -0.393 e. The van der Waals surface area contributed by atoms with Gasteiger partial charge in [-0.15, -0.1) is 0 Å². The van der Waals surface area contributed by atoms with E-state index < -0.39 is 0 Å². The molecule has 2 aliphatic heterocycles. The van der Waals surface area contributed by atoms with E-state index in [1.807, 2.05) is 43.3 Å². The number of carbonyl (C=O) groups excluding carboxylic acids is 2. The third-order valence-electron chi connectivity index (χ3n) is 8.82. The van der Waals surface area contributed by atoms with Crippen LogP contribution in [0.3, 0.4) is 0 Å². The highest BCUT2D eigenvalue weighted by molar-refractivity contribution is 6.08. The molecular weight excluding hydrogens is 486 g/mol. The maximum absolute atomic E-state index is 13.4. The Labute approximate surface area is 232 Å². The number of benzene rings is 2. The van der Waals surface area contributed by atoms with Gasteiger partial charge in [-0.3, -0.25) is 14.5 Å². The van der Waals surface area contributed by atoms with Gasteiger partial charge in [-0.25, -0.2) is 0 Å². The van der Waals surface area contributed by atoms with Crippen molar-refractivity contribution in [2.24, 2.45) is 5.92 Å². The van der Waals surface area contributed by atoms with Crippen molar-refractivity contribution < 1.29 is 9.59 Å². The number of rotatable bonds is 8. The second kappa shape index (κ2) is 12.2. The molecule has 3 fully saturated rings. The molecule has 2 aromatic carbocycles. The SMILES string of the molecule is CN/C=C(\C=N)c1ccc(C2CCN(C(=O)c3ccc(C)c(NC(=O)C4CN(C5CCCC5)C4)c3)CC2)cc1. The Kier molecular flexibility index (Phi) is 8.46. The minimum absolute atomic E-state index is 0.0307. The highest BCUT2D eigenvalue weighted by Crippen LogP contribution is 2.32. The predicted molar refractivity (Wildman–Crippen MR) is 157 cm³/mol. The van der Waals surface area contributed by atoms with Crippen LogP contribution in [-0.4, -0.2) is 67.1 Å². The normalized spacial score (nSPS) is 19.5. The zero-order valence-electron chi connectivity index (χ0n) is 23.2. The quantitative estimate of drug-likeness (QED) is 0.420. The van der Waals surface area contributed by atoms with Crippen LogP contribution in [0, 0.1) is 18.3 Å². The molecule has 2 saturated heterocycles. The summed E-state index contributed by atoms with van der Waals surface area (Å²) < 4.78 is 0. The first-order valence-electron chi connectivity index (χ1n) is 14.4. The first-order valence-corrected chi connectivity index (χ1v) is 14.4. The van der Waals surface area contributed by atoms with Gasteiger partial charge in [0.05, 0.1) is 5.92 Å². The molecule has 0 unspecified atom stereocenters. The summed E-state index contributed by atoms with van der Waals surface area (Å²) in [6.07, 6.45) is 10.2. The van der Waals surface area contributed by atoms with Crippen LogP contribution in [0.25, 0.3) is 5.57 Å². The third kappa shape index (κ3) is 6.09. The lowest BCUT2D eigenvalue weighted by atomic mass is 9.88. The van der Waals surface area contributed by atoms with E-state index in [1.54, 1.807) is 0 Å². The summed E-state index contributed by atoms with van der Waals surface area (Å²) in [6.45, 7) is 5.10. The Morgan fingerprint density at radius 1 is 0.949 bits per heavy atom. The van der Waals surface area contributed by atoms with Crippen LogP contribution in [0.15, 0.2) is 48.7 Å². The second-order valence-corrected chi connectivity index (χ2v) is 11.3. The smallest absolute Gasteiger partial charge is 0.253 e. The predicted octanol–water partition coefficient (Wildman–Crippen LogP) is 5.04. The monoisotopic (exact) mass is 527 g/mol. The first kappa shape index (κ1) is 27.1. The zero-order valence-corrected chi connectivity index (χ0v) is 23.2. The van der Waals surface area contributed by atoms with E-state index in [9.17, 15) is 9.59 Å². The minimum atomic E-state index is 0.0307. The van der Waals surface area contributed by atoms with E-state index in [2.05, 4.69) is 39.8 Å². The molecule has 0 aromatic heterocycles. The molecule has 1 aliphatic carbocycles. The Morgan fingerprint density at radius 3 is 2.26 bits per heavy atom. The summed E-state index contributed by atoms with van der Waals surface area (Å²) in [7, 11) is 1.83. The summed E-state index contributed by atoms with van der Waals surface area (Å²) in [4.78, 5) is 30.7. The number of nitrogens with zero attached hydrogens (tertiary/aromatic N) is 2. The third-order valence-corrected chi connectivity index (χ3v) is 8.82. The number of nitrogens with one attached hydrogen (secondary N) is 3. The number of anilines is 1. The highest BCUT2D eigenvalue weighted by atomic mass is 16.2. The van der Waals surface area contributed by atoms with Gasteiger partial charge in [-0.2, -0.15) is 0 Å². The van der Waals surface area contributed by atoms with E-state index in [-0.39, 0.29) is 17.7 Å². The van der Waals surface area contributed by atoms with Crippen LogP contribution in [0.5, 0.6) is 0 Å². The van der Waals surface area contributed by atoms with Crippen LogP contribution in [0.4, 0.5) is 5.69 Å². The molecule has 1 saturated carbocycles. The van der Waals surface area contributed by atoms with Crippen molar-refractivity contribution in [2.75, 3.05) is 38.5 Å². The molecule has 0 bridgehead atoms. The lowest BCUT2D eigenvalue weighted by Gasteiger charge is -2.42. The van der Waals surface area contributed by atoms with Gasteiger partial charge < -0.3 is 20.9 Å². The lowest BCUT2D eigenvalue weighted by molar-refractivity contribution is -0.125. The summed E-state index contributed by atoms with van der Waals surface area (Å²) in [5.74, 6) is 0.550. The Morgan fingerprint density at radius 2 is 1.62 bits per heavy atom. The molecule has 206 valence electrons. The standard InChI is InChI=1S/C32H41N5O2/c1-22-7-8-26(17-30(22)35-31(38)28-20-37(21-28)29-5-3-4-6-29)32(39)36-15-13-25(14-16-36)23-9-11-24(12-10-23)27(18-33)19-34-2/h7-12,17-19,25,28-29,33-34H,3-6,13-16,20-21H2,1-2H3,(H,35,38)/b27-19+,33-18?. The molecule has 0 radical (unpaired) electrons. The number of hydrogen-bond acceptors (Lipinski definition) is 5. The summed E-state index contributed by atoms with van der Waals surface area (Å²) in [5.41, 5.74) is 5.50. The topological polar surface area (TPSA) is 88.5 Å². The van der Waals surface area contributed by atoms with Crippen molar-refractivity contribution in [1.82, 2.24) is 15.1 Å². The fraction of sp³-hybridized carbons (Fsp3) is 0.469. The summed E-state index contributed by atoms with van der Waals surface area (Å²) in [5, 5.41) is 13.7. The molecular formula is C32H41N5O2. The second-order valence-electron chi connectivity index (χ2n) is 11.3. The van der Waals surface area contributed by atoms with Gasteiger partial charge in [0.25, 0.3) is 5.91 Å². The average Bonchev–Trinajstić information content (AvgIpc) is 3.46. The number of amides is 2. The largest absolute Gasteiger partial charge is 0.393 e. The Hall–Kier alpha value is -3.45. The highest BCUT2D eigenvalue weighted by Gasteiger charge is 2.37.